The van der Waals surface area contributed by atoms with Crippen LogP contribution in [0.2, 0.25) is 0 Å². The van der Waals surface area contributed by atoms with Gasteiger partial charge in [0.05, 0.1) is 11.5 Å². The molecule has 0 radical (unpaired) electrons. The van der Waals surface area contributed by atoms with Gasteiger partial charge in [-0.15, -0.1) is 0 Å². The highest BCUT2D eigenvalue weighted by molar-refractivity contribution is 5.98. The minimum Gasteiger partial charge on any atom is -0.370 e. The molecule has 1 aromatic carbocycles. The van der Waals surface area contributed by atoms with Crippen molar-refractivity contribution in [2.24, 2.45) is 16.5 Å². The van der Waals surface area contributed by atoms with E-state index >= 15 is 0 Å². The van der Waals surface area contributed by atoms with Gasteiger partial charge in [0, 0.05) is 30.8 Å². The highest BCUT2D eigenvalue weighted by Crippen LogP contribution is 2.16. The van der Waals surface area contributed by atoms with Crippen molar-refractivity contribution in [3.8, 4) is 0 Å². The molecule has 1 fully saturated rings. The van der Waals surface area contributed by atoms with Gasteiger partial charge in [0.25, 0.3) is 5.69 Å². The van der Waals surface area contributed by atoms with E-state index in [0.717, 1.165) is 0 Å². The molecule has 14 nitrogen and oxygen atoms in total. The van der Waals surface area contributed by atoms with Crippen LogP contribution in [0.3, 0.4) is 0 Å². The smallest absolute Gasteiger partial charge is 0.269 e. The van der Waals surface area contributed by atoms with Crippen molar-refractivity contribution in [3.63, 3.8) is 0 Å². The number of anilines is 1. The second kappa shape index (κ2) is 12.0. The van der Waals surface area contributed by atoms with Crippen LogP contribution in [0.4, 0.5) is 11.4 Å². The number of nitro benzene ring substituents is 1. The Labute approximate surface area is 188 Å². The molecule has 33 heavy (non-hydrogen) atoms. The molecule has 1 heterocycles. The van der Waals surface area contributed by atoms with E-state index in [9.17, 15) is 29.3 Å². The number of carbonyl (C=O) groups is 4. The molecule has 4 amide bonds. The molecular weight excluding hydrogens is 436 g/mol. The van der Waals surface area contributed by atoms with Crippen molar-refractivity contribution in [2.45, 2.75) is 37.8 Å². The summed E-state index contributed by atoms with van der Waals surface area (Å²) in [6.07, 6.45) is 1.15. The molecule has 14 heteroatoms. The van der Waals surface area contributed by atoms with E-state index in [-0.39, 0.29) is 43.5 Å². The Bertz CT molecular complexity index is 929. The van der Waals surface area contributed by atoms with Crippen LogP contribution in [0, 0.1) is 10.1 Å². The molecule has 1 saturated heterocycles. The van der Waals surface area contributed by atoms with Crippen LogP contribution >= 0.6 is 0 Å². The van der Waals surface area contributed by atoms with Crippen LogP contribution in [-0.2, 0) is 19.2 Å². The van der Waals surface area contributed by atoms with Crippen LogP contribution in [0.25, 0.3) is 0 Å². The number of nitrogens with two attached hydrogens (primary N) is 2. The second-order valence-corrected chi connectivity index (χ2v) is 7.24. The van der Waals surface area contributed by atoms with Crippen molar-refractivity contribution >= 4 is 41.0 Å². The lowest BCUT2D eigenvalue weighted by molar-refractivity contribution is -0.384. The summed E-state index contributed by atoms with van der Waals surface area (Å²) in [5, 5.41) is 20.8. The summed E-state index contributed by atoms with van der Waals surface area (Å²) in [6, 6.07) is 3.53. The minimum atomic E-state index is -0.982. The number of non-ortho nitro benzene ring substituents is 1. The van der Waals surface area contributed by atoms with Crippen LogP contribution in [-0.4, -0.2) is 59.7 Å². The van der Waals surface area contributed by atoms with Gasteiger partial charge in [-0.2, -0.15) is 0 Å². The highest BCUT2D eigenvalue weighted by Gasteiger charge is 2.28. The molecule has 1 aromatic rings. The molecular formula is C19H26N8O6. The summed E-state index contributed by atoms with van der Waals surface area (Å²) in [5.41, 5.74) is 10.7. The van der Waals surface area contributed by atoms with Crippen molar-refractivity contribution in [2.75, 3.05) is 18.4 Å². The number of benzene rings is 1. The van der Waals surface area contributed by atoms with Gasteiger partial charge in [-0.3, -0.25) is 34.3 Å². The number of hydrogen-bond donors (Lipinski definition) is 6. The second-order valence-electron chi connectivity index (χ2n) is 7.24. The summed E-state index contributed by atoms with van der Waals surface area (Å²) < 4.78 is 0. The monoisotopic (exact) mass is 462 g/mol. The fourth-order valence-electron chi connectivity index (χ4n) is 3.01. The van der Waals surface area contributed by atoms with Crippen molar-refractivity contribution < 1.29 is 24.1 Å². The number of rotatable bonds is 11. The van der Waals surface area contributed by atoms with E-state index in [1.807, 2.05) is 0 Å². The lowest BCUT2D eigenvalue weighted by Gasteiger charge is -2.19. The predicted octanol–water partition coefficient (Wildman–Crippen LogP) is -1.53. The molecule has 1 aliphatic heterocycles. The zero-order valence-corrected chi connectivity index (χ0v) is 17.7. The molecule has 178 valence electrons. The van der Waals surface area contributed by atoms with Crippen molar-refractivity contribution in [1.29, 1.82) is 0 Å². The van der Waals surface area contributed by atoms with Gasteiger partial charge in [-0.05, 0) is 31.4 Å². The summed E-state index contributed by atoms with van der Waals surface area (Å²) >= 11 is 0. The topological polar surface area (TPSA) is 224 Å². The van der Waals surface area contributed by atoms with Crippen LogP contribution in [0.15, 0.2) is 29.3 Å². The Morgan fingerprint density at radius 1 is 1.24 bits per heavy atom. The van der Waals surface area contributed by atoms with Gasteiger partial charge in [-0.1, -0.05) is 0 Å². The highest BCUT2D eigenvalue weighted by atomic mass is 16.6. The van der Waals surface area contributed by atoms with Gasteiger partial charge in [0.2, 0.25) is 23.6 Å². The van der Waals surface area contributed by atoms with E-state index in [1.54, 1.807) is 0 Å². The molecule has 2 atom stereocenters. The Kier molecular flexibility index (Phi) is 9.08. The van der Waals surface area contributed by atoms with Crippen LogP contribution < -0.4 is 32.7 Å². The number of amides is 4. The first-order valence-electron chi connectivity index (χ1n) is 10.1. The lowest BCUT2D eigenvalue weighted by Crippen LogP contribution is -2.49. The average molecular weight is 462 g/mol. The maximum Gasteiger partial charge on any atom is 0.269 e. The van der Waals surface area contributed by atoms with E-state index in [2.05, 4.69) is 26.3 Å². The van der Waals surface area contributed by atoms with E-state index < -0.39 is 34.7 Å². The molecule has 0 spiro atoms. The average Bonchev–Trinajstić information content (AvgIpc) is 3.20. The normalized spacial score (nSPS) is 15.6. The summed E-state index contributed by atoms with van der Waals surface area (Å²) in [5.74, 6) is -2.00. The molecule has 0 bridgehead atoms. The predicted molar refractivity (Wildman–Crippen MR) is 118 cm³/mol. The number of nitro groups is 1. The largest absolute Gasteiger partial charge is 0.370 e. The van der Waals surface area contributed by atoms with Gasteiger partial charge in [0.15, 0.2) is 5.96 Å². The molecule has 1 aliphatic rings. The van der Waals surface area contributed by atoms with Crippen molar-refractivity contribution in [1.82, 2.24) is 16.0 Å². The Morgan fingerprint density at radius 3 is 2.52 bits per heavy atom. The fourth-order valence-corrected chi connectivity index (χ4v) is 3.01. The minimum absolute atomic E-state index is 0.104. The summed E-state index contributed by atoms with van der Waals surface area (Å²) in [7, 11) is 0. The van der Waals surface area contributed by atoms with E-state index in [1.165, 1.54) is 24.3 Å². The first-order valence-corrected chi connectivity index (χ1v) is 10.1. The number of guanidine groups is 1. The van der Waals surface area contributed by atoms with Crippen LogP contribution in [0.5, 0.6) is 0 Å². The van der Waals surface area contributed by atoms with E-state index in [0.29, 0.717) is 18.5 Å². The van der Waals surface area contributed by atoms with Gasteiger partial charge in [0.1, 0.15) is 12.1 Å². The molecule has 0 saturated carbocycles. The summed E-state index contributed by atoms with van der Waals surface area (Å²) in [4.78, 5) is 62.3. The molecule has 2 rings (SSSR count). The maximum atomic E-state index is 12.7. The lowest BCUT2D eigenvalue weighted by atomic mass is 10.1. The molecule has 0 unspecified atom stereocenters. The Morgan fingerprint density at radius 2 is 1.94 bits per heavy atom. The third kappa shape index (κ3) is 8.43. The van der Waals surface area contributed by atoms with Gasteiger partial charge < -0.3 is 32.7 Å². The third-order valence-electron chi connectivity index (χ3n) is 4.68. The Hall–Kier alpha value is -4.23. The first kappa shape index (κ1) is 25.0. The van der Waals surface area contributed by atoms with E-state index in [4.69, 9.17) is 11.5 Å². The Balaban J connectivity index is 1.94. The van der Waals surface area contributed by atoms with Crippen LogP contribution in [0.1, 0.15) is 25.7 Å². The van der Waals surface area contributed by atoms with Gasteiger partial charge >= 0.3 is 0 Å². The number of carbonyl (C=O) groups excluding carboxylic acids is 4. The maximum absolute atomic E-state index is 12.7. The molecule has 8 N–H and O–H groups in total. The first-order chi connectivity index (χ1) is 15.7. The third-order valence-corrected chi connectivity index (χ3v) is 4.68. The number of nitrogens with one attached hydrogen (secondary N) is 4. The quantitative estimate of drug-likeness (QED) is 0.0741. The van der Waals surface area contributed by atoms with Gasteiger partial charge in [-0.25, -0.2) is 0 Å². The van der Waals surface area contributed by atoms with Crippen molar-refractivity contribution in [3.05, 3.63) is 34.4 Å². The number of aliphatic imine (C=N–C) groups is 1. The number of hydrogen-bond acceptors (Lipinski definition) is 7. The number of nitrogens with zero attached hydrogens (tertiary/aromatic N) is 2. The summed E-state index contributed by atoms with van der Waals surface area (Å²) in [6.45, 7) is -0.155. The zero-order chi connectivity index (χ0) is 24.4. The molecule has 0 aliphatic carbocycles. The SMILES string of the molecule is NC(N)=NCCC[C@H](NC(=O)CNC(=O)[C@@H]1CCC(=O)N1)C(=O)Nc1ccc([N+](=O)[O-])cc1. The zero-order valence-electron chi connectivity index (χ0n) is 17.7. The standard InChI is InChI=1S/C19H26N8O6/c20-19(21)22-9-1-2-13(18(31)24-11-3-5-12(6-4-11)27(32)33)26-16(29)10-23-17(30)14-7-8-15(28)25-14/h3-6,13-14H,1-2,7-10H2,(H,23,30)(H,24,31)(H,25,28)(H,26,29)(H4,20,21,22)/t13-,14-/m0/s1. The fraction of sp³-hybridized carbons (Fsp3) is 0.421. The molecule has 0 aromatic heterocycles.